The molecule has 8 heteroatoms. The number of fused-ring (bicyclic) bond motifs is 6. The van der Waals surface area contributed by atoms with E-state index in [0.29, 0.717) is 16.4 Å². The van der Waals surface area contributed by atoms with Crippen LogP contribution in [-0.4, -0.2) is 23.9 Å². The monoisotopic (exact) mass is 819 g/mol. The third kappa shape index (κ3) is 7.15. The molecule has 0 saturated heterocycles. The van der Waals surface area contributed by atoms with Gasteiger partial charge in [0.2, 0.25) is 0 Å². The predicted octanol–water partition coefficient (Wildman–Crippen LogP) is 11.1. The molecule has 8 nitrogen and oxygen atoms in total. The lowest BCUT2D eigenvalue weighted by molar-refractivity contribution is 0.221. The second kappa shape index (κ2) is 15.8. The van der Waals surface area contributed by atoms with Crippen LogP contribution in [-0.2, 0) is 4.74 Å². The molecule has 3 heterocycles. The van der Waals surface area contributed by atoms with E-state index in [1.807, 2.05) is 24.3 Å². The zero-order valence-electron chi connectivity index (χ0n) is 34.5. The molecule has 1 N–H and O–H groups in total. The van der Waals surface area contributed by atoms with Gasteiger partial charge in [-0.15, -0.1) is 0 Å². The maximum atomic E-state index is 12.4. The molecular formula is C55H41N5O3. The van der Waals surface area contributed by atoms with E-state index in [1.165, 1.54) is 22.3 Å². The van der Waals surface area contributed by atoms with Crippen molar-refractivity contribution in [3.05, 3.63) is 237 Å². The average Bonchev–Trinajstić information content (AvgIpc) is 3.57. The fourth-order valence-electron chi connectivity index (χ4n) is 9.36. The van der Waals surface area contributed by atoms with Crippen LogP contribution in [0.1, 0.15) is 48.4 Å². The van der Waals surface area contributed by atoms with Crippen molar-refractivity contribution in [2.45, 2.75) is 37.8 Å². The van der Waals surface area contributed by atoms with Gasteiger partial charge in [0.1, 0.15) is 17.5 Å². The molecule has 63 heavy (non-hydrogen) atoms. The third-order valence-electron chi connectivity index (χ3n) is 12.5. The van der Waals surface area contributed by atoms with Gasteiger partial charge in [0.25, 0.3) is 0 Å². The minimum atomic E-state index is -0.548. The van der Waals surface area contributed by atoms with Gasteiger partial charge < -0.3 is 15.0 Å². The molecule has 4 aromatic carbocycles. The first-order valence-electron chi connectivity index (χ1n) is 21.3. The lowest BCUT2D eigenvalue weighted by Crippen LogP contribution is -2.37. The highest BCUT2D eigenvalue weighted by atomic mass is 16.5. The van der Waals surface area contributed by atoms with Crippen molar-refractivity contribution >= 4 is 29.5 Å². The van der Waals surface area contributed by atoms with Gasteiger partial charge >= 0.3 is 12.1 Å². The van der Waals surface area contributed by atoms with Crippen LogP contribution in [0.15, 0.2) is 225 Å². The largest absolute Gasteiger partial charge is 0.489 e. The molecule has 0 radical (unpaired) electrons. The maximum Gasteiger partial charge on any atom is 0.368 e. The Morgan fingerprint density at radius 1 is 0.778 bits per heavy atom. The van der Waals surface area contributed by atoms with Gasteiger partial charge in [-0.3, -0.25) is 0 Å². The third-order valence-corrected chi connectivity index (χ3v) is 12.5. The van der Waals surface area contributed by atoms with Crippen LogP contribution in [0, 0.1) is 0 Å². The Balaban J connectivity index is 0.977. The standard InChI is InChI=1S/C55H41N5O3/c1-34-10-9-29-63-50-28-24-43(23-25-45(34)50)60(44-31-40(35-11-5-2-3-6-12-35)30-41(32-44)36-13-7-4-8-14-36)42-21-19-38(20-22-42)37-15-17-39(18-16-37)47-33-49-53(59-55(62)57-49)51-46(47)26-27-48-52(51)58-54(61)56-48/h2-5,7-29,31-33,41,50,52H,6,30H2,1H3,(H,58,61). The molecule has 0 spiro atoms. The first-order valence-corrected chi connectivity index (χ1v) is 21.3. The average molecular weight is 820 g/mol. The van der Waals surface area contributed by atoms with Crippen LogP contribution < -0.4 is 20.9 Å². The fraction of sp³-hybridized carbons (Fsp3) is 0.109. The Hall–Kier alpha value is -7.97. The van der Waals surface area contributed by atoms with Crippen molar-refractivity contribution in [2.24, 2.45) is 15.0 Å². The number of anilines is 1. The molecule has 3 aliphatic heterocycles. The maximum absolute atomic E-state index is 12.4. The Kier molecular flexibility index (Phi) is 9.53. The van der Waals surface area contributed by atoms with E-state index in [9.17, 15) is 9.59 Å². The van der Waals surface area contributed by atoms with Crippen molar-refractivity contribution in [3.63, 3.8) is 0 Å². The topological polar surface area (TPSA) is 95.7 Å². The van der Waals surface area contributed by atoms with Crippen molar-refractivity contribution in [2.75, 3.05) is 4.90 Å². The minimum Gasteiger partial charge on any atom is -0.489 e. The number of ether oxygens (including phenoxy) is 1. The highest BCUT2D eigenvalue weighted by molar-refractivity contribution is 6.15. The number of benzene rings is 4. The van der Waals surface area contributed by atoms with E-state index < -0.39 is 18.1 Å². The summed E-state index contributed by atoms with van der Waals surface area (Å²) in [4.78, 5) is 39.6. The van der Waals surface area contributed by atoms with E-state index in [1.54, 1.807) is 6.26 Å². The molecular weight excluding hydrogens is 779 g/mol. The summed E-state index contributed by atoms with van der Waals surface area (Å²) in [6.07, 6.45) is 35.7. The molecule has 0 fully saturated rings. The smallest absolute Gasteiger partial charge is 0.368 e. The van der Waals surface area contributed by atoms with Crippen LogP contribution >= 0.6 is 0 Å². The quantitative estimate of drug-likeness (QED) is 0.201. The summed E-state index contributed by atoms with van der Waals surface area (Å²) in [5, 5.41) is 3.92. The lowest BCUT2D eigenvalue weighted by Gasteiger charge is -2.32. The Labute approximate surface area is 365 Å². The summed E-state index contributed by atoms with van der Waals surface area (Å²) >= 11 is 0. The number of hydrogen-bond donors (Lipinski definition) is 1. The van der Waals surface area contributed by atoms with Crippen LogP contribution in [0.25, 0.3) is 28.3 Å². The molecule has 7 aliphatic rings. The zero-order chi connectivity index (χ0) is 42.4. The van der Waals surface area contributed by atoms with E-state index in [0.717, 1.165) is 68.9 Å². The minimum absolute atomic E-state index is 0.174. The van der Waals surface area contributed by atoms with Crippen LogP contribution in [0.4, 0.5) is 15.3 Å². The molecule has 4 amide bonds. The number of hydrogen-bond acceptors (Lipinski definition) is 4. The Morgan fingerprint density at radius 2 is 1.59 bits per heavy atom. The predicted molar refractivity (Wildman–Crippen MR) is 249 cm³/mol. The van der Waals surface area contributed by atoms with Crippen LogP contribution in [0.3, 0.4) is 0 Å². The zero-order valence-corrected chi connectivity index (χ0v) is 34.5. The molecule has 3 unspecified atom stereocenters. The normalized spacial score (nSPS) is 21.4. The highest BCUT2D eigenvalue weighted by Crippen LogP contribution is 2.41. The van der Waals surface area contributed by atoms with E-state index in [2.05, 4.69) is 184 Å². The molecule has 3 atom stereocenters. The summed E-state index contributed by atoms with van der Waals surface area (Å²) in [6.45, 7) is 2.13. The first kappa shape index (κ1) is 38.0. The fourth-order valence-corrected chi connectivity index (χ4v) is 9.36. The summed E-state index contributed by atoms with van der Waals surface area (Å²) in [6, 6.07) is 28.5. The SMILES string of the molecule is CC1=CC=COC2C=CC(N(C3=CC(c4ccccc4)CC(C4=CCC=CC=C4)=C3)c3ccc(-c4ccc(-c5cc6c(c7c5C=CC5=NC(=O)NC57)=NC(=O)N=6)cc4)cc3)=CC=C12. The van der Waals surface area contributed by atoms with Gasteiger partial charge in [0, 0.05) is 28.6 Å². The van der Waals surface area contributed by atoms with Crippen molar-refractivity contribution in [1.29, 1.82) is 0 Å². The molecule has 11 rings (SSSR count). The molecule has 4 aliphatic carbocycles. The number of carbonyl (C=O) groups excluding carboxylic acids is 2. The van der Waals surface area contributed by atoms with Gasteiger partial charge in [0.15, 0.2) is 0 Å². The number of carbonyl (C=O) groups is 2. The van der Waals surface area contributed by atoms with Crippen LogP contribution in [0.5, 0.6) is 0 Å². The number of amides is 4. The molecule has 304 valence electrons. The lowest BCUT2D eigenvalue weighted by atomic mass is 9.83. The molecule has 0 aromatic heterocycles. The van der Waals surface area contributed by atoms with Gasteiger partial charge in [0.05, 0.1) is 17.3 Å². The van der Waals surface area contributed by atoms with Gasteiger partial charge in [-0.25, -0.2) is 9.59 Å². The van der Waals surface area contributed by atoms with Crippen LogP contribution in [0.2, 0.25) is 0 Å². The second-order valence-corrected chi connectivity index (χ2v) is 16.3. The van der Waals surface area contributed by atoms with Crippen molar-refractivity contribution in [1.82, 2.24) is 5.32 Å². The number of rotatable bonds is 7. The number of aliphatic imine (C=N–C) groups is 1. The summed E-state index contributed by atoms with van der Waals surface area (Å²) in [7, 11) is 0. The number of nitrogens with one attached hydrogen (secondary N) is 1. The summed E-state index contributed by atoms with van der Waals surface area (Å²) in [5.74, 6) is 0.174. The number of urea groups is 2. The van der Waals surface area contributed by atoms with Gasteiger partial charge in [-0.1, -0.05) is 121 Å². The van der Waals surface area contributed by atoms with Crippen molar-refractivity contribution < 1.29 is 14.3 Å². The Morgan fingerprint density at radius 3 is 2.43 bits per heavy atom. The van der Waals surface area contributed by atoms with Crippen molar-refractivity contribution in [3.8, 4) is 22.3 Å². The van der Waals surface area contributed by atoms with Gasteiger partial charge in [-0.2, -0.15) is 15.0 Å². The Bertz CT molecular complexity index is 3150. The second-order valence-electron chi connectivity index (χ2n) is 16.3. The summed E-state index contributed by atoms with van der Waals surface area (Å²) in [5.41, 5.74) is 15.5. The first-order chi connectivity index (χ1) is 30.9. The highest BCUT2D eigenvalue weighted by Gasteiger charge is 2.34. The van der Waals surface area contributed by atoms with E-state index in [-0.39, 0.29) is 12.0 Å². The molecule has 4 aromatic rings. The van der Waals surface area contributed by atoms with E-state index in [4.69, 9.17) is 4.74 Å². The number of nitrogens with zero attached hydrogens (tertiary/aromatic N) is 4. The molecule has 0 saturated carbocycles. The van der Waals surface area contributed by atoms with Gasteiger partial charge in [-0.05, 0) is 130 Å². The van der Waals surface area contributed by atoms with E-state index >= 15 is 0 Å². The summed E-state index contributed by atoms with van der Waals surface area (Å²) < 4.78 is 6.16. The molecule has 0 bridgehead atoms. The number of allylic oxidation sites excluding steroid dienone is 14.